The van der Waals surface area contributed by atoms with Crippen molar-refractivity contribution in [2.24, 2.45) is 0 Å². The number of pyridine rings is 1. The Morgan fingerprint density at radius 2 is 1.82 bits per heavy atom. The number of para-hydroxylation sites is 1. The lowest BCUT2D eigenvalue weighted by atomic mass is 10.1. The molecule has 5 aromatic rings. The van der Waals surface area contributed by atoms with E-state index in [1.807, 2.05) is 48.5 Å². The van der Waals surface area contributed by atoms with Crippen LogP contribution in [0.2, 0.25) is 0 Å². The Balaban J connectivity index is 1.29. The summed E-state index contributed by atoms with van der Waals surface area (Å²) in [6.07, 6.45) is 1.81. The largest absolute Gasteiger partial charge is 0.507 e. The Morgan fingerprint density at radius 1 is 1.00 bits per heavy atom. The van der Waals surface area contributed by atoms with Crippen LogP contribution in [0.15, 0.2) is 76.1 Å². The van der Waals surface area contributed by atoms with Crippen LogP contribution < -0.4 is 10.5 Å². The van der Waals surface area contributed by atoms with Gasteiger partial charge in [-0.2, -0.15) is 0 Å². The van der Waals surface area contributed by atoms with Crippen molar-refractivity contribution in [3.8, 4) is 16.3 Å². The van der Waals surface area contributed by atoms with Crippen molar-refractivity contribution in [1.29, 1.82) is 0 Å². The van der Waals surface area contributed by atoms with Crippen molar-refractivity contribution in [3.63, 3.8) is 0 Å². The lowest BCUT2D eigenvalue weighted by molar-refractivity contribution is 0.246. The zero-order valence-corrected chi connectivity index (χ0v) is 19.2. The minimum atomic E-state index is -0.446. The molecule has 7 nitrogen and oxygen atoms in total. The number of hydrogen-bond acceptors (Lipinski definition) is 8. The fourth-order valence-electron chi connectivity index (χ4n) is 4.42. The van der Waals surface area contributed by atoms with Gasteiger partial charge in [0.05, 0.1) is 21.3 Å². The highest BCUT2D eigenvalue weighted by molar-refractivity contribution is 7.21. The van der Waals surface area contributed by atoms with Crippen molar-refractivity contribution in [3.05, 3.63) is 82.8 Å². The molecule has 0 unspecified atom stereocenters. The molecule has 170 valence electrons. The SMILES string of the molecule is O=c1oc2c(CN3CCN(c4ccccn4)CC3)c(O)ccc2cc1-c1nc2ccccc2s1. The molecule has 6 rings (SSSR count). The van der Waals surface area contributed by atoms with E-state index in [0.29, 0.717) is 28.3 Å². The van der Waals surface area contributed by atoms with Crippen LogP contribution in [-0.2, 0) is 6.54 Å². The lowest BCUT2D eigenvalue weighted by Gasteiger charge is -2.35. The predicted octanol–water partition coefficient (Wildman–Crippen LogP) is 4.49. The number of rotatable bonds is 4. The topological polar surface area (TPSA) is 82.7 Å². The average molecular weight is 471 g/mol. The number of piperazine rings is 1. The minimum Gasteiger partial charge on any atom is -0.507 e. The van der Waals surface area contributed by atoms with E-state index < -0.39 is 5.63 Å². The zero-order chi connectivity index (χ0) is 23.1. The molecule has 3 aromatic heterocycles. The molecule has 8 heteroatoms. The molecule has 4 heterocycles. The summed E-state index contributed by atoms with van der Waals surface area (Å²) in [5.74, 6) is 1.11. The van der Waals surface area contributed by atoms with Crippen LogP contribution in [0.1, 0.15) is 5.56 Å². The number of anilines is 1. The quantitative estimate of drug-likeness (QED) is 0.388. The number of benzene rings is 2. The van der Waals surface area contributed by atoms with Gasteiger partial charge in [0, 0.05) is 44.3 Å². The van der Waals surface area contributed by atoms with E-state index in [4.69, 9.17) is 4.42 Å². The van der Waals surface area contributed by atoms with Gasteiger partial charge in [-0.15, -0.1) is 11.3 Å². The number of nitrogens with zero attached hydrogens (tertiary/aromatic N) is 4. The molecule has 0 radical (unpaired) electrons. The average Bonchev–Trinajstić information content (AvgIpc) is 3.31. The predicted molar refractivity (Wildman–Crippen MR) is 134 cm³/mol. The summed E-state index contributed by atoms with van der Waals surface area (Å²) < 4.78 is 6.81. The monoisotopic (exact) mass is 470 g/mol. The van der Waals surface area contributed by atoms with Crippen LogP contribution in [0.4, 0.5) is 5.82 Å². The highest BCUT2D eigenvalue weighted by atomic mass is 32.1. The molecule has 0 aliphatic carbocycles. The summed E-state index contributed by atoms with van der Waals surface area (Å²) in [7, 11) is 0. The van der Waals surface area contributed by atoms with E-state index in [2.05, 4.69) is 19.8 Å². The standard InChI is InChI=1S/C26H22N4O3S/c31-21-9-8-17-15-18(25-28-20-5-1-2-6-22(20)34-25)26(32)33-24(17)19(21)16-29-11-13-30(14-12-29)23-7-3-4-10-27-23/h1-10,15,31H,11-14,16H2. The van der Waals surface area contributed by atoms with Gasteiger partial charge in [0.2, 0.25) is 0 Å². The third-order valence-electron chi connectivity index (χ3n) is 6.23. The maximum atomic E-state index is 13.0. The number of fused-ring (bicyclic) bond motifs is 2. The van der Waals surface area contributed by atoms with E-state index in [1.54, 1.807) is 18.3 Å². The Labute approximate surface area is 199 Å². The first-order valence-electron chi connectivity index (χ1n) is 11.2. The number of phenols is 1. The van der Waals surface area contributed by atoms with Crippen LogP contribution in [0.3, 0.4) is 0 Å². The van der Waals surface area contributed by atoms with Gasteiger partial charge < -0.3 is 14.4 Å². The Morgan fingerprint density at radius 3 is 2.62 bits per heavy atom. The second-order valence-electron chi connectivity index (χ2n) is 8.37. The molecule has 0 bridgehead atoms. The molecule has 0 spiro atoms. The molecule has 1 saturated heterocycles. The van der Waals surface area contributed by atoms with Gasteiger partial charge in [-0.25, -0.2) is 14.8 Å². The lowest BCUT2D eigenvalue weighted by Crippen LogP contribution is -2.46. The smallest absolute Gasteiger partial charge is 0.346 e. The van der Waals surface area contributed by atoms with E-state index in [-0.39, 0.29) is 5.75 Å². The molecule has 34 heavy (non-hydrogen) atoms. The third kappa shape index (κ3) is 3.81. The zero-order valence-electron chi connectivity index (χ0n) is 18.3. The molecule has 1 aliphatic rings. The molecule has 1 N–H and O–H groups in total. The number of aromatic hydroxyl groups is 1. The molecule has 1 aliphatic heterocycles. The van der Waals surface area contributed by atoms with Crippen LogP contribution in [0, 0.1) is 0 Å². The van der Waals surface area contributed by atoms with Crippen LogP contribution in [0.5, 0.6) is 5.75 Å². The van der Waals surface area contributed by atoms with Crippen molar-refractivity contribution in [2.75, 3.05) is 31.1 Å². The number of aromatic nitrogens is 2. The second kappa shape index (κ2) is 8.55. The first kappa shape index (κ1) is 20.8. The summed E-state index contributed by atoms with van der Waals surface area (Å²) in [6, 6.07) is 19.0. The molecular formula is C26H22N4O3S. The Hall–Kier alpha value is -3.75. The highest BCUT2D eigenvalue weighted by Gasteiger charge is 2.22. The summed E-state index contributed by atoms with van der Waals surface area (Å²) in [5, 5.41) is 12.0. The molecule has 2 aromatic carbocycles. The van der Waals surface area contributed by atoms with Gasteiger partial charge in [0.15, 0.2) is 0 Å². The normalized spacial score (nSPS) is 14.8. The molecule has 0 amide bonds. The van der Waals surface area contributed by atoms with E-state index in [1.165, 1.54) is 11.3 Å². The van der Waals surface area contributed by atoms with Crippen LogP contribution in [-0.4, -0.2) is 46.2 Å². The van der Waals surface area contributed by atoms with Gasteiger partial charge >= 0.3 is 5.63 Å². The summed E-state index contributed by atoms with van der Waals surface area (Å²) in [6.45, 7) is 3.83. The number of phenolic OH excluding ortho intramolecular Hbond substituents is 1. The summed E-state index contributed by atoms with van der Waals surface area (Å²) in [5.41, 5.74) is 1.92. The van der Waals surface area contributed by atoms with Crippen LogP contribution >= 0.6 is 11.3 Å². The summed E-state index contributed by atoms with van der Waals surface area (Å²) >= 11 is 1.47. The van der Waals surface area contributed by atoms with Gasteiger partial charge in [0.1, 0.15) is 22.2 Å². The minimum absolute atomic E-state index is 0.135. The molecule has 0 atom stereocenters. The Kier molecular flexibility index (Phi) is 5.24. The fourth-order valence-corrected chi connectivity index (χ4v) is 5.39. The number of hydrogen-bond donors (Lipinski definition) is 1. The van der Waals surface area contributed by atoms with Gasteiger partial charge in [0.25, 0.3) is 0 Å². The van der Waals surface area contributed by atoms with Crippen molar-refractivity contribution in [1.82, 2.24) is 14.9 Å². The van der Waals surface area contributed by atoms with Crippen molar-refractivity contribution >= 4 is 38.3 Å². The van der Waals surface area contributed by atoms with Crippen LogP contribution in [0.25, 0.3) is 31.8 Å². The maximum Gasteiger partial charge on any atom is 0.346 e. The van der Waals surface area contributed by atoms with E-state index in [9.17, 15) is 9.90 Å². The van der Waals surface area contributed by atoms with E-state index in [0.717, 1.165) is 47.6 Å². The maximum absolute atomic E-state index is 13.0. The molecular weight excluding hydrogens is 448 g/mol. The molecule has 1 fully saturated rings. The van der Waals surface area contributed by atoms with Gasteiger partial charge in [-0.05, 0) is 42.5 Å². The van der Waals surface area contributed by atoms with E-state index >= 15 is 0 Å². The highest BCUT2D eigenvalue weighted by Crippen LogP contribution is 2.33. The second-order valence-corrected chi connectivity index (χ2v) is 9.40. The Bertz CT molecular complexity index is 1510. The van der Waals surface area contributed by atoms with Crippen molar-refractivity contribution < 1.29 is 9.52 Å². The first-order chi connectivity index (χ1) is 16.7. The summed E-state index contributed by atoms with van der Waals surface area (Å²) in [4.78, 5) is 26.5. The third-order valence-corrected chi connectivity index (χ3v) is 7.30. The number of thiazole rings is 1. The van der Waals surface area contributed by atoms with Crippen molar-refractivity contribution in [2.45, 2.75) is 6.54 Å². The first-order valence-corrected chi connectivity index (χ1v) is 12.0. The molecule has 0 saturated carbocycles. The van der Waals surface area contributed by atoms with Gasteiger partial charge in [-0.3, -0.25) is 4.90 Å². The van der Waals surface area contributed by atoms with Gasteiger partial charge in [-0.1, -0.05) is 18.2 Å². The fraction of sp³-hybridized carbons (Fsp3) is 0.192.